The Kier molecular flexibility index (Phi) is 3.10. The van der Waals surface area contributed by atoms with Gasteiger partial charge in [-0.3, -0.25) is 9.20 Å². The van der Waals surface area contributed by atoms with Crippen LogP contribution in [0.15, 0.2) is 46.6 Å². The van der Waals surface area contributed by atoms with E-state index in [0.717, 1.165) is 45.5 Å². The van der Waals surface area contributed by atoms with E-state index in [9.17, 15) is 4.79 Å². The molecule has 0 saturated carbocycles. The first-order chi connectivity index (χ1) is 11.8. The van der Waals surface area contributed by atoms with E-state index in [1.807, 2.05) is 36.4 Å². The molecule has 5 rings (SSSR count). The molecule has 1 aliphatic rings. The first-order valence-corrected chi connectivity index (χ1v) is 9.27. The van der Waals surface area contributed by atoms with Crippen LogP contribution in [-0.2, 0) is 0 Å². The van der Waals surface area contributed by atoms with Crippen molar-refractivity contribution in [3.8, 4) is 0 Å². The Labute approximate surface area is 143 Å². The molecule has 0 atom stereocenters. The van der Waals surface area contributed by atoms with Crippen molar-refractivity contribution in [2.45, 2.75) is 19.3 Å². The Hall–Kier alpha value is -2.40. The van der Waals surface area contributed by atoms with Gasteiger partial charge in [0.25, 0.3) is 5.56 Å². The Balaban J connectivity index is 1.90. The summed E-state index contributed by atoms with van der Waals surface area (Å²) in [6.07, 6.45) is 3.72. The molecule has 1 aromatic carbocycles. The Morgan fingerprint density at radius 1 is 1.04 bits per heavy atom. The molecule has 0 aliphatic carbocycles. The van der Waals surface area contributed by atoms with Crippen molar-refractivity contribution in [2.24, 2.45) is 0 Å². The zero-order valence-electron chi connectivity index (χ0n) is 13.2. The maximum Gasteiger partial charge on any atom is 0.264 e. The Morgan fingerprint density at radius 3 is 2.75 bits per heavy atom. The van der Waals surface area contributed by atoms with E-state index in [2.05, 4.69) is 10.3 Å². The van der Waals surface area contributed by atoms with E-state index in [4.69, 9.17) is 4.98 Å². The quantitative estimate of drug-likeness (QED) is 0.493. The Morgan fingerprint density at radius 2 is 1.88 bits per heavy atom. The fraction of sp³-hybridized carbons (Fsp3) is 0.263. The van der Waals surface area contributed by atoms with Crippen molar-refractivity contribution >= 4 is 43.8 Å². The van der Waals surface area contributed by atoms with E-state index >= 15 is 0 Å². The zero-order chi connectivity index (χ0) is 16.1. The summed E-state index contributed by atoms with van der Waals surface area (Å²) in [4.78, 5) is 20.3. The van der Waals surface area contributed by atoms with Crippen molar-refractivity contribution in [1.29, 1.82) is 0 Å². The lowest BCUT2D eigenvalue weighted by Gasteiger charge is -2.28. The summed E-state index contributed by atoms with van der Waals surface area (Å²) in [5.74, 6) is 1.04. The third kappa shape index (κ3) is 1.97. The summed E-state index contributed by atoms with van der Waals surface area (Å²) in [7, 11) is 0. The number of hydrogen-bond acceptors (Lipinski definition) is 4. The van der Waals surface area contributed by atoms with Crippen LogP contribution in [0.3, 0.4) is 0 Å². The van der Waals surface area contributed by atoms with Crippen LogP contribution in [0.5, 0.6) is 0 Å². The second-order valence-electron chi connectivity index (χ2n) is 6.35. The normalized spacial score (nSPS) is 15.6. The lowest BCUT2D eigenvalue weighted by Crippen LogP contribution is -2.30. The van der Waals surface area contributed by atoms with Crippen molar-refractivity contribution < 1.29 is 0 Å². The van der Waals surface area contributed by atoms with Gasteiger partial charge >= 0.3 is 0 Å². The molecule has 3 aromatic heterocycles. The highest BCUT2D eigenvalue weighted by Gasteiger charge is 2.19. The molecule has 4 heterocycles. The second-order valence-corrected chi connectivity index (χ2v) is 7.26. The number of benzene rings is 1. The van der Waals surface area contributed by atoms with Crippen molar-refractivity contribution in [1.82, 2.24) is 9.38 Å². The molecule has 0 radical (unpaired) electrons. The van der Waals surface area contributed by atoms with Gasteiger partial charge in [-0.2, -0.15) is 0 Å². The van der Waals surface area contributed by atoms with Crippen LogP contribution < -0.4 is 10.5 Å². The molecular formula is C19H17N3OS. The smallest absolute Gasteiger partial charge is 0.264 e. The van der Waals surface area contributed by atoms with Gasteiger partial charge in [-0.05, 0) is 48.2 Å². The first kappa shape index (κ1) is 14.0. The lowest BCUT2D eigenvalue weighted by atomic mass is 10.1. The maximum absolute atomic E-state index is 13.0. The number of anilines is 1. The summed E-state index contributed by atoms with van der Waals surface area (Å²) >= 11 is 1.67. The fourth-order valence-corrected chi connectivity index (χ4v) is 4.58. The molecule has 1 aliphatic heterocycles. The number of thiophene rings is 1. The van der Waals surface area contributed by atoms with Gasteiger partial charge in [0.2, 0.25) is 0 Å². The molecular weight excluding hydrogens is 318 g/mol. The fourth-order valence-electron chi connectivity index (χ4n) is 3.69. The lowest BCUT2D eigenvalue weighted by molar-refractivity contribution is 0.575. The van der Waals surface area contributed by atoms with E-state index in [1.54, 1.807) is 15.7 Å². The van der Waals surface area contributed by atoms with Gasteiger partial charge in [0.1, 0.15) is 5.65 Å². The summed E-state index contributed by atoms with van der Waals surface area (Å²) < 4.78 is 2.88. The molecule has 0 N–H and O–H groups in total. The van der Waals surface area contributed by atoms with Crippen LogP contribution in [0.2, 0.25) is 0 Å². The van der Waals surface area contributed by atoms with Crippen LogP contribution in [0, 0.1) is 0 Å². The molecule has 4 aromatic rings. The van der Waals surface area contributed by atoms with Gasteiger partial charge in [-0.15, -0.1) is 11.3 Å². The molecule has 0 spiro atoms. The summed E-state index contributed by atoms with van der Waals surface area (Å²) in [6, 6.07) is 11.8. The number of rotatable bonds is 1. The molecule has 1 fully saturated rings. The van der Waals surface area contributed by atoms with Crippen LogP contribution in [-0.4, -0.2) is 22.5 Å². The molecule has 1 saturated heterocycles. The zero-order valence-corrected chi connectivity index (χ0v) is 14.1. The van der Waals surface area contributed by atoms with Crippen LogP contribution >= 0.6 is 11.3 Å². The highest BCUT2D eigenvalue weighted by molar-refractivity contribution is 7.17. The van der Waals surface area contributed by atoms with Crippen LogP contribution in [0.1, 0.15) is 19.3 Å². The van der Waals surface area contributed by atoms with Gasteiger partial charge in [0, 0.05) is 18.5 Å². The van der Waals surface area contributed by atoms with Crippen molar-refractivity contribution in [2.75, 3.05) is 18.0 Å². The molecule has 24 heavy (non-hydrogen) atoms. The number of hydrogen-bond donors (Lipinski definition) is 0. The third-order valence-electron chi connectivity index (χ3n) is 4.87. The number of piperidine rings is 1. The molecule has 5 heteroatoms. The molecule has 4 nitrogen and oxygen atoms in total. The van der Waals surface area contributed by atoms with Crippen molar-refractivity contribution in [3.05, 3.63) is 52.1 Å². The molecule has 120 valence electrons. The SMILES string of the molecule is O=c1c2ccccc2cc2nc(N3CCCCC3)c3sccc3n12. The third-order valence-corrected chi connectivity index (χ3v) is 5.77. The largest absolute Gasteiger partial charge is 0.355 e. The summed E-state index contributed by atoms with van der Waals surface area (Å²) in [6.45, 7) is 2.10. The minimum absolute atomic E-state index is 0.0178. The van der Waals surface area contributed by atoms with E-state index < -0.39 is 0 Å². The van der Waals surface area contributed by atoms with Gasteiger partial charge in [-0.1, -0.05) is 18.2 Å². The van der Waals surface area contributed by atoms with Gasteiger partial charge in [0.05, 0.1) is 10.2 Å². The van der Waals surface area contributed by atoms with Gasteiger partial charge in [-0.25, -0.2) is 4.98 Å². The minimum atomic E-state index is 0.0178. The standard InChI is InChI=1S/C19H17N3OS/c23-19-14-7-3-2-6-13(14)12-16-20-18(21-9-4-1-5-10-21)17-15(22(16)19)8-11-24-17/h2-3,6-8,11-12H,1,4-5,9-10H2. The minimum Gasteiger partial charge on any atom is -0.355 e. The molecule has 0 bridgehead atoms. The van der Waals surface area contributed by atoms with E-state index in [-0.39, 0.29) is 5.56 Å². The van der Waals surface area contributed by atoms with Crippen molar-refractivity contribution in [3.63, 3.8) is 0 Å². The monoisotopic (exact) mass is 335 g/mol. The summed E-state index contributed by atoms with van der Waals surface area (Å²) in [5, 5.41) is 3.75. The summed E-state index contributed by atoms with van der Waals surface area (Å²) in [5.41, 5.74) is 1.73. The van der Waals surface area contributed by atoms with Gasteiger partial charge < -0.3 is 4.90 Å². The highest BCUT2D eigenvalue weighted by atomic mass is 32.1. The van der Waals surface area contributed by atoms with E-state index in [0.29, 0.717) is 0 Å². The number of nitrogens with zero attached hydrogens (tertiary/aromatic N) is 3. The first-order valence-electron chi connectivity index (χ1n) is 8.39. The number of pyridine rings is 1. The number of aromatic nitrogens is 2. The van der Waals surface area contributed by atoms with Gasteiger partial charge in [0.15, 0.2) is 5.82 Å². The topological polar surface area (TPSA) is 37.6 Å². The highest BCUT2D eigenvalue weighted by Crippen LogP contribution is 2.32. The Bertz CT molecular complexity index is 1120. The van der Waals surface area contributed by atoms with Crippen LogP contribution in [0.25, 0.3) is 26.6 Å². The second kappa shape index (κ2) is 5.31. The predicted molar refractivity (Wildman–Crippen MR) is 100 cm³/mol. The average Bonchev–Trinajstić information content (AvgIpc) is 3.11. The number of fused-ring (bicyclic) bond motifs is 4. The average molecular weight is 335 g/mol. The van der Waals surface area contributed by atoms with Crippen LogP contribution in [0.4, 0.5) is 5.82 Å². The molecule has 0 unspecified atom stereocenters. The maximum atomic E-state index is 13.0. The predicted octanol–water partition coefficient (Wildman–Crippen LogP) is 4.05. The molecule has 0 amide bonds. The van der Waals surface area contributed by atoms with E-state index in [1.165, 1.54) is 19.3 Å².